The zero-order chi connectivity index (χ0) is 23.7. The van der Waals surface area contributed by atoms with Crippen LogP contribution in [0.5, 0.6) is 0 Å². The molecule has 2 aromatic rings. The third-order valence-corrected chi connectivity index (χ3v) is 7.84. The number of benzene rings is 1. The third kappa shape index (κ3) is 4.57. The van der Waals surface area contributed by atoms with Crippen LogP contribution in [0.25, 0.3) is 0 Å². The first kappa shape index (κ1) is 22.8. The fourth-order valence-electron chi connectivity index (χ4n) is 3.67. The van der Waals surface area contributed by atoms with Crippen molar-refractivity contribution in [3.8, 4) is 0 Å². The van der Waals surface area contributed by atoms with Crippen LogP contribution in [0, 0.1) is 0 Å². The van der Waals surface area contributed by atoms with Gasteiger partial charge in [-0.05, 0) is 23.6 Å². The van der Waals surface area contributed by atoms with E-state index >= 15 is 0 Å². The monoisotopic (exact) mass is 487 g/mol. The number of para-hydroxylation sites is 1. The smallest absolute Gasteiger partial charge is 0.324 e. The molecular weight excluding hydrogens is 466 g/mol. The van der Waals surface area contributed by atoms with E-state index in [9.17, 15) is 24.0 Å². The minimum atomic E-state index is -1.11. The summed E-state index contributed by atoms with van der Waals surface area (Å²) in [6.45, 7) is -0.358. The molecule has 0 saturated carbocycles. The maximum atomic E-state index is 13.7. The first-order valence-electron chi connectivity index (χ1n) is 10.0. The van der Waals surface area contributed by atoms with Crippen LogP contribution in [0.15, 0.2) is 46.7 Å². The van der Waals surface area contributed by atoms with Gasteiger partial charge in [-0.1, -0.05) is 18.2 Å². The van der Waals surface area contributed by atoms with Crippen molar-refractivity contribution in [1.82, 2.24) is 15.5 Å². The number of hydrogen-bond donors (Lipinski definition) is 3. The lowest BCUT2D eigenvalue weighted by molar-refractivity contribution is -0.135. The molecule has 10 nitrogen and oxygen atoms in total. The van der Waals surface area contributed by atoms with Gasteiger partial charge in [0.15, 0.2) is 0 Å². The van der Waals surface area contributed by atoms with Gasteiger partial charge in [0.2, 0.25) is 17.7 Å². The highest BCUT2D eigenvalue weighted by Gasteiger charge is 2.42. The fourth-order valence-corrected chi connectivity index (χ4v) is 5.96. The Balaban J connectivity index is 1.70. The van der Waals surface area contributed by atoms with Crippen LogP contribution in [0.3, 0.4) is 0 Å². The van der Waals surface area contributed by atoms with E-state index in [0.717, 1.165) is 14.7 Å². The zero-order valence-electron chi connectivity index (χ0n) is 17.5. The summed E-state index contributed by atoms with van der Waals surface area (Å²) in [6, 6.07) is 7.96. The quantitative estimate of drug-likeness (QED) is 0.571. The summed E-state index contributed by atoms with van der Waals surface area (Å²) in [4.78, 5) is 66.3. The van der Waals surface area contributed by atoms with Gasteiger partial charge in [0, 0.05) is 16.8 Å². The summed E-state index contributed by atoms with van der Waals surface area (Å²) in [6.07, 6.45) is -0.225. The average molecular weight is 488 g/mol. The van der Waals surface area contributed by atoms with Crippen LogP contribution >= 0.6 is 23.1 Å². The number of nitrogens with two attached hydrogens (primary N) is 1. The number of carbonyl (C=O) groups is 5. The van der Waals surface area contributed by atoms with Crippen molar-refractivity contribution < 1.29 is 24.0 Å². The van der Waals surface area contributed by atoms with Crippen LogP contribution in [-0.2, 0) is 19.2 Å². The Hall–Kier alpha value is -3.38. The molecule has 172 valence electrons. The second-order valence-corrected chi connectivity index (χ2v) is 9.72. The van der Waals surface area contributed by atoms with Gasteiger partial charge in [-0.25, -0.2) is 4.79 Å². The van der Waals surface area contributed by atoms with E-state index in [1.807, 2.05) is 29.6 Å². The normalized spacial score (nSPS) is 22.9. The van der Waals surface area contributed by atoms with Crippen LogP contribution in [0.1, 0.15) is 16.5 Å². The maximum absolute atomic E-state index is 13.7. The number of nitrogens with zero attached hydrogens (tertiary/aromatic N) is 2. The van der Waals surface area contributed by atoms with Gasteiger partial charge in [0.1, 0.15) is 18.6 Å². The minimum absolute atomic E-state index is 0.225. The number of urea groups is 1. The number of imide groups is 1. The van der Waals surface area contributed by atoms with Crippen molar-refractivity contribution in [2.75, 3.05) is 18.5 Å². The van der Waals surface area contributed by atoms with Gasteiger partial charge < -0.3 is 21.3 Å². The number of rotatable bonds is 5. The van der Waals surface area contributed by atoms with Gasteiger partial charge in [-0.15, -0.1) is 23.1 Å². The van der Waals surface area contributed by atoms with Gasteiger partial charge in [-0.2, -0.15) is 0 Å². The number of thioether (sulfide) groups is 1. The highest BCUT2D eigenvalue weighted by atomic mass is 32.2. The van der Waals surface area contributed by atoms with E-state index in [1.54, 1.807) is 12.1 Å². The van der Waals surface area contributed by atoms with Gasteiger partial charge in [0.25, 0.3) is 5.91 Å². The molecule has 33 heavy (non-hydrogen) atoms. The first-order valence-corrected chi connectivity index (χ1v) is 11.8. The first-order chi connectivity index (χ1) is 15.8. The van der Waals surface area contributed by atoms with Crippen LogP contribution in [0.4, 0.5) is 10.5 Å². The van der Waals surface area contributed by atoms with E-state index in [1.165, 1.54) is 35.0 Å². The molecule has 2 aliphatic heterocycles. The summed E-state index contributed by atoms with van der Waals surface area (Å²) >= 11 is 2.82. The topological polar surface area (TPSA) is 142 Å². The van der Waals surface area contributed by atoms with Crippen LogP contribution in [-0.4, -0.2) is 60.2 Å². The third-order valence-electron chi connectivity index (χ3n) is 5.35. The second-order valence-electron chi connectivity index (χ2n) is 7.56. The molecule has 0 radical (unpaired) electrons. The molecule has 3 unspecified atom stereocenters. The maximum Gasteiger partial charge on any atom is 0.324 e. The number of nitrogens with one attached hydrogen (secondary N) is 2. The summed E-state index contributed by atoms with van der Waals surface area (Å²) < 4.78 is 0. The largest absolute Gasteiger partial charge is 0.368 e. The van der Waals surface area contributed by atoms with Gasteiger partial charge in [-0.3, -0.25) is 24.1 Å². The molecule has 1 fully saturated rings. The zero-order valence-corrected chi connectivity index (χ0v) is 19.2. The minimum Gasteiger partial charge on any atom is -0.368 e. The number of carbonyl (C=O) groups excluding carboxylic acids is 5. The predicted octanol–water partition coefficient (Wildman–Crippen LogP) is 0.839. The molecule has 0 spiro atoms. The summed E-state index contributed by atoms with van der Waals surface area (Å²) in [5.41, 5.74) is 5.94. The van der Waals surface area contributed by atoms with Crippen molar-refractivity contribution in [3.63, 3.8) is 0 Å². The summed E-state index contributed by atoms with van der Waals surface area (Å²) in [5, 5.41) is 6.57. The fraction of sp³-hybridized carbons (Fsp3) is 0.286. The van der Waals surface area contributed by atoms with E-state index in [0.29, 0.717) is 5.69 Å². The highest BCUT2D eigenvalue weighted by Crippen LogP contribution is 2.46. The SMILES string of the molecule is CN1C(=O)CC(C(=O)NC2C(=O)N(CC(N)=O)c3ccccc3SC2c2cccs2)NC1=O. The van der Waals surface area contributed by atoms with Crippen molar-refractivity contribution in [2.45, 2.75) is 28.6 Å². The molecule has 3 atom stereocenters. The number of thiophene rings is 1. The summed E-state index contributed by atoms with van der Waals surface area (Å²) in [7, 11) is 1.32. The van der Waals surface area contributed by atoms with E-state index < -0.39 is 47.0 Å². The van der Waals surface area contributed by atoms with Crippen molar-refractivity contribution in [3.05, 3.63) is 46.7 Å². The lowest BCUT2D eigenvalue weighted by atomic mass is 10.1. The van der Waals surface area contributed by atoms with Crippen molar-refractivity contribution in [1.29, 1.82) is 0 Å². The predicted molar refractivity (Wildman–Crippen MR) is 123 cm³/mol. The Morgan fingerprint density at radius 1 is 1.18 bits per heavy atom. The lowest BCUT2D eigenvalue weighted by Crippen LogP contribution is -2.61. The second kappa shape index (κ2) is 9.24. The molecule has 6 amide bonds. The summed E-state index contributed by atoms with van der Waals surface area (Å²) in [5.74, 6) is -2.37. The molecule has 2 aliphatic rings. The number of primary amides is 1. The molecule has 4 rings (SSSR count). The average Bonchev–Trinajstić information content (AvgIpc) is 3.29. The van der Waals surface area contributed by atoms with E-state index in [4.69, 9.17) is 5.73 Å². The van der Waals surface area contributed by atoms with Crippen LogP contribution in [0.2, 0.25) is 0 Å². The van der Waals surface area contributed by atoms with Crippen molar-refractivity contribution >= 4 is 58.4 Å². The molecule has 3 heterocycles. The molecule has 0 bridgehead atoms. The molecular formula is C21H21N5O5S2. The Bertz CT molecular complexity index is 1100. The molecule has 1 aromatic carbocycles. The Kier molecular flexibility index (Phi) is 6.38. The van der Waals surface area contributed by atoms with Crippen molar-refractivity contribution in [2.24, 2.45) is 5.73 Å². The Morgan fingerprint density at radius 3 is 2.61 bits per heavy atom. The Morgan fingerprint density at radius 2 is 1.94 bits per heavy atom. The number of anilines is 1. The highest BCUT2D eigenvalue weighted by molar-refractivity contribution is 8.00. The van der Waals surface area contributed by atoms with E-state index in [-0.39, 0.29) is 13.0 Å². The molecule has 0 aliphatic carbocycles. The van der Waals surface area contributed by atoms with Gasteiger partial charge >= 0.3 is 6.03 Å². The number of amides is 6. The van der Waals surface area contributed by atoms with Gasteiger partial charge in [0.05, 0.1) is 17.4 Å². The lowest BCUT2D eigenvalue weighted by Gasteiger charge is -2.31. The van der Waals surface area contributed by atoms with Crippen LogP contribution < -0.4 is 21.3 Å². The number of fused-ring (bicyclic) bond motifs is 1. The molecule has 4 N–H and O–H groups in total. The number of hydrogen-bond acceptors (Lipinski definition) is 7. The molecule has 12 heteroatoms. The van der Waals surface area contributed by atoms with E-state index in [2.05, 4.69) is 10.6 Å². The Labute approximate surface area is 197 Å². The standard InChI is InChI=1S/C21H21N5O5S2/c1-25-16(28)9-11(23-21(25)31)19(29)24-17-18(14-7-4-8-32-14)33-13-6-3-2-5-12(13)26(20(17)30)10-15(22)27/h2-8,11,17-18H,9-10H2,1H3,(H2,22,27)(H,23,31)(H,24,29). The molecule has 1 aromatic heterocycles. The molecule has 1 saturated heterocycles.